The number of nitrogens with one attached hydrogen (secondary N) is 2. The lowest BCUT2D eigenvalue weighted by Gasteiger charge is -2.32. The molecule has 4 aromatic rings. The highest BCUT2D eigenvalue weighted by molar-refractivity contribution is 5.95. The van der Waals surface area contributed by atoms with Crippen molar-refractivity contribution >= 4 is 16.8 Å². The topological polar surface area (TPSA) is 68.4 Å². The van der Waals surface area contributed by atoms with Crippen molar-refractivity contribution in [2.45, 2.75) is 44.4 Å². The molecule has 0 atom stereocenters. The average Bonchev–Trinajstić information content (AvgIpc) is 3.41. The van der Waals surface area contributed by atoms with Crippen LogP contribution in [-0.4, -0.2) is 47.1 Å². The number of likely N-dealkylation sites (tertiary alicyclic amines) is 1. The fraction of sp³-hybridized carbons (Fsp3) is 0.344. The second-order valence-electron chi connectivity index (χ2n) is 10.5. The second kappa shape index (κ2) is 12.3. The van der Waals surface area contributed by atoms with E-state index in [0.717, 1.165) is 57.5 Å². The number of para-hydroxylation sites is 1. The van der Waals surface area contributed by atoms with Crippen molar-refractivity contribution in [1.29, 1.82) is 0 Å². The number of fused-ring (bicyclic) bond motifs is 1. The number of hydrogen-bond donors (Lipinski definition) is 3. The predicted molar refractivity (Wildman–Crippen MR) is 151 cm³/mol. The summed E-state index contributed by atoms with van der Waals surface area (Å²) < 4.78 is 38.6. The van der Waals surface area contributed by atoms with Gasteiger partial charge in [-0.2, -0.15) is 13.2 Å². The van der Waals surface area contributed by atoms with Crippen LogP contribution in [0, 0.1) is 0 Å². The smallest absolute Gasteiger partial charge is 0.392 e. The zero-order valence-electron chi connectivity index (χ0n) is 22.3. The fourth-order valence-electron chi connectivity index (χ4n) is 5.65. The lowest BCUT2D eigenvalue weighted by atomic mass is 9.89. The number of amides is 1. The van der Waals surface area contributed by atoms with E-state index in [2.05, 4.69) is 45.7 Å². The number of carbonyl (C=O) groups is 1. The number of benzene rings is 3. The molecule has 0 bridgehead atoms. The van der Waals surface area contributed by atoms with E-state index in [0.29, 0.717) is 34.7 Å². The van der Waals surface area contributed by atoms with E-state index >= 15 is 0 Å². The number of aromatic amines is 1. The van der Waals surface area contributed by atoms with Crippen LogP contribution in [0.2, 0.25) is 0 Å². The van der Waals surface area contributed by atoms with Gasteiger partial charge in [-0.25, -0.2) is 0 Å². The summed E-state index contributed by atoms with van der Waals surface area (Å²) in [6.45, 7) is 3.39. The first-order chi connectivity index (χ1) is 19.3. The van der Waals surface area contributed by atoms with E-state index in [4.69, 9.17) is 0 Å². The summed E-state index contributed by atoms with van der Waals surface area (Å²) in [6.07, 6.45) is 1.91. The predicted octanol–water partition coefficient (Wildman–Crippen LogP) is 6.74. The summed E-state index contributed by atoms with van der Waals surface area (Å²) in [5.41, 5.74) is 3.95. The standard InChI is InChI=1S/C32H34F3N3O2/c33-32(34,35)26-10-7-22(8-11-26)27-12-9-24(19-25(27)21-39)31(40)36-15-3-4-16-38-17-13-23(14-18-38)29-20-37-30-6-2-1-5-28(29)30/h1-2,5-12,19-20,23,37,39H,3-4,13-18,21H2,(H,36,40). The monoisotopic (exact) mass is 549 g/mol. The first kappa shape index (κ1) is 27.9. The lowest BCUT2D eigenvalue weighted by molar-refractivity contribution is -0.137. The van der Waals surface area contributed by atoms with Gasteiger partial charge in [-0.05, 0) is 104 Å². The molecule has 3 N–H and O–H groups in total. The van der Waals surface area contributed by atoms with E-state index < -0.39 is 11.7 Å². The van der Waals surface area contributed by atoms with Crippen molar-refractivity contribution in [2.24, 2.45) is 0 Å². The highest BCUT2D eigenvalue weighted by Crippen LogP contribution is 2.34. The van der Waals surface area contributed by atoms with Crippen LogP contribution < -0.4 is 5.32 Å². The molecular weight excluding hydrogens is 515 g/mol. The maximum absolute atomic E-state index is 12.9. The minimum Gasteiger partial charge on any atom is -0.392 e. The number of unbranched alkanes of at least 4 members (excludes halogenated alkanes) is 1. The van der Waals surface area contributed by atoms with E-state index in [9.17, 15) is 23.1 Å². The van der Waals surface area contributed by atoms with Gasteiger partial charge in [-0.1, -0.05) is 36.4 Å². The highest BCUT2D eigenvalue weighted by atomic mass is 19.4. The zero-order valence-corrected chi connectivity index (χ0v) is 22.3. The van der Waals surface area contributed by atoms with Crippen LogP contribution in [0.3, 0.4) is 0 Å². The number of aliphatic hydroxyl groups excluding tert-OH is 1. The number of nitrogens with zero attached hydrogens (tertiary/aromatic N) is 1. The maximum Gasteiger partial charge on any atom is 0.416 e. The number of aromatic nitrogens is 1. The van der Waals surface area contributed by atoms with Gasteiger partial charge in [0.15, 0.2) is 0 Å². The molecule has 40 heavy (non-hydrogen) atoms. The molecule has 1 amide bonds. The molecule has 0 unspecified atom stereocenters. The number of rotatable bonds is 9. The van der Waals surface area contributed by atoms with Gasteiger partial charge in [0.2, 0.25) is 0 Å². The summed E-state index contributed by atoms with van der Waals surface area (Å²) in [5.74, 6) is 0.356. The third-order valence-electron chi connectivity index (χ3n) is 7.90. The Balaban J connectivity index is 1.06. The van der Waals surface area contributed by atoms with Gasteiger partial charge in [0.1, 0.15) is 0 Å². The van der Waals surface area contributed by atoms with Gasteiger partial charge < -0.3 is 20.3 Å². The number of halogens is 3. The minimum atomic E-state index is -4.41. The van der Waals surface area contributed by atoms with Crippen LogP contribution >= 0.6 is 0 Å². The van der Waals surface area contributed by atoms with Crippen LogP contribution in [0.15, 0.2) is 72.9 Å². The summed E-state index contributed by atoms with van der Waals surface area (Å²) in [6, 6.07) is 18.2. The number of H-pyrrole nitrogens is 1. The summed E-state index contributed by atoms with van der Waals surface area (Å²) in [7, 11) is 0. The Kier molecular flexibility index (Phi) is 8.57. The zero-order chi connectivity index (χ0) is 28.1. The highest BCUT2D eigenvalue weighted by Gasteiger charge is 2.30. The second-order valence-corrected chi connectivity index (χ2v) is 10.5. The van der Waals surface area contributed by atoms with Gasteiger partial charge in [0.05, 0.1) is 12.2 Å². The molecule has 0 aliphatic carbocycles. The molecule has 1 aromatic heterocycles. The molecule has 0 radical (unpaired) electrons. The Bertz CT molecular complexity index is 1440. The molecule has 1 aliphatic heterocycles. The lowest BCUT2D eigenvalue weighted by Crippen LogP contribution is -2.34. The van der Waals surface area contributed by atoms with Gasteiger partial charge in [0.25, 0.3) is 5.91 Å². The molecule has 5 rings (SSSR count). The SMILES string of the molecule is O=C(NCCCCN1CCC(c2c[nH]c3ccccc23)CC1)c1ccc(-c2ccc(C(F)(F)F)cc2)c(CO)c1. The number of hydrogen-bond acceptors (Lipinski definition) is 3. The van der Waals surface area contributed by atoms with Crippen molar-refractivity contribution in [2.75, 3.05) is 26.2 Å². The fourth-order valence-corrected chi connectivity index (χ4v) is 5.65. The van der Waals surface area contributed by atoms with Crippen LogP contribution in [0.25, 0.3) is 22.0 Å². The average molecular weight is 550 g/mol. The Morgan fingerprint density at radius 2 is 1.75 bits per heavy atom. The Morgan fingerprint density at radius 1 is 1.00 bits per heavy atom. The van der Waals surface area contributed by atoms with Crippen LogP contribution in [0.5, 0.6) is 0 Å². The van der Waals surface area contributed by atoms with E-state index in [-0.39, 0.29) is 12.5 Å². The molecule has 1 fully saturated rings. The number of alkyl halides is 3. The number of aliphatic hydroxyl groups is 1. The molecule has 1 aliphatic rings. The van der Waals surface area contributed by atoms with Crippen LogP contribution in [-0.2, 0) is 12.8 Å². The third-order valence-corrected chi connectivity index (χ3v) is 7.90. The molecule has 2 heterocycles. The van der Waals surface area contributed by atoms with Crippen molar-refractivity contribution in [1.82, 2.24) is 15.2 Å². The minimum absolute atomic E-state index is 0.229. The summed E-state index contributed by atoms with van der Waals surface area (Å²) >= 11 is 0. The third kappa shape index (κ3) is 6.40. The molecule has 0 spiro atoms. The van der Waals surface area contributed by atoms with Crippen molar-refractivity contribution in [3.8, 4) is 11.1 Å². The number of carbonyl (C=O) groups excluding carboxylic acids is 1. The van der Waals surface area contributed by atoms with Gasteiger partial charge in [-0.3, -0.25) is 4.79 Å². The quantitative estimate of drug-likeness (QED) is 0.203. The number of piperidine rings is 1. The Hall–Kier alpha value is -3.62. The Morgan fingerprint density at radius 3 is 2.48 bits per heavy atom. The van der Waals surface area contributed by atoms with Gasteiger partial charge >= 0.3 is 6.18 Å². The largest absolute Gasteiger partial charge is 0.416 e. The van der Waals surface area contributed by atoms with Crippen molar-refractivity contribution in [3.63, 3.8) is 0 Å². The summed E-state index contributed by atoms with van der Waals surface area (Å²) in [5, 5.41) is 14.1. The van der Waals surface area contributed by atoms with E-state index in [1.807, 2.05) is 0 Å². The first-order valence-electron chi connectivity index (χ1n) is 13.8. The van der Waals surface area contributed by atoms with Crippen LogP contribution in [0.4, 0.5) is 13.2 Å². The molecule has 5 nitrogen and oxygen atoms in total. The molecular formula is C32H34F3N3O2. The molecule has 8 heteroatoms. The van der Waals surface area contributed by atoms with Crippen molar-refractivity contribution < 1.29 is 23.1 Å². The van der Waals surface area contributed by atoms with Gasteiger partial charge in [-0.15, -0.1) is 0 Å². The maximum atomic E-state index is 12.9. The van der Waals surface area contributed by atoms with E-state index in [1.54, 1.807) is 18.2 Å². The van der Waals surface area contributed by atoms with Crippen LogP contribution in [0.1, 0.15) is 58.6 Å². The Labute approximate surface area is 232 Å². The molecule has 0 saturated carbocycles. The normalized spacial score (nSPS) is 15.0. The summed E-state index contributed by atoms with van der Waals surface area (Å²) in [4.78, 5) is 18.6. The van der Waals surface area contributed by atoms with Crippen molar-refractivity contribution in [3.05, 3.63) is 95.2 Å². The molecule has 3 aromatic carbocycles. The molecule has 210 valence electrons. The first-order valence-corrected chi connectivity index (χ1v) is 13.8. The van der Waals surface area contributed by atoms with E-state index in [1.165, 1.54) is 28.6 Å². The van der Waals surface area contributed by atoms with Gasteiger partial charge in [0, 0.05) is 29.2 Å². The molecule has 1 saturated heterocycles.